The maximum Gasteiger partial charge on any atom is 0.123 e. The molecular weight excluding hydrogens is 282 g/mol. The van der Waals surface area contributed by atoms with Crippen LogP contribution in [0.1, 0.15) is 10.6 Å². The second-order valence-electron chi connectivity index (χ2n) is 4.50. The van der Waals surface area contributed by atoms with Gasteiger partial charge in [0.1, 0.15) is 16.5 Å². The van der Waals surface area contributed by atoms with Gasteiger partial charge in [-0.2, -0.15) is 0 Å². The minimum Gasteiger partial charge on any atom is -0.497 e. The van der Waals surface area contributed by atoms with Gasteiger partial charge < -0.3 is 9.47 Å². The van der Waals surface area contributed by atoms with Crippen LogP contribution in [-0.4, -0.2) is 19.2 Å². The maximum atomic E-state index is 5.27. The highest BCUT2D eigenvalue weighted by Crippen LogP contribution is 2.26. The van der Waals surface area contributed by atoms with Gasteiger partial charge in [0.15, 0.2) is 0 Å². The molecule has 0 bridgehead atoms. The van der Waals surface area contributed by atoms with Crippen molar-refractivity contribution in [1.29, 1.82) is 0 Å². The summed E-state index contributed by atoms with van der Waals surface area (Å²) in [5, 5.41) is 0.984. The summed E-state index contributed by atoms with van der Waals surface area (Å²) >= 11 is 1.68. The number of ether oxygens (including phenoxy) is 2. The summed E-state index contributed by atoms with van der Waals surface area (Å²) in [5.41, 5.74) is 2.05. The molecule has 0 aliphatic heterocycles. The molecule has 2 aromatic carbocycles. The van der Waals surface area contributed by atoms with E-state index in [1.54, 1.807) is 25.6 Å². The first-order valence-corrected chi connectivity index (χ1v) is 7.37. The van der Waals surface area contributed by atoms with E-state index < -0.39 is 0 Å². The van der Waals surface area contributed by atoms with Gasteiger partial charge in [0, 0.05) is 6.07 Å². The second kappa shape index (κ2) is 5.97. The molecule has 0 atom stereocenters. The standard InChI is InChI=1S/C17H15NO2S/c1-19-13-9-12(10-14(11-13)20-2)7-8-17-18-15-5-3-4-6-16(15)21-17/h3-11H,1-2H3/b8-7+. The average Bonchev–Trinajstić information content (AvgIpc) is 2.95. The molecule has 0 unspecified atom stereocenters. The molecule has 106 valence electrons. The van der Waals surface area contributed by atoms with Crippen LogP contribution < -0.4 is 9.47 Å². The first kappa shape index (κ1) is 13.6. The van der Waals surface area contributed by atoms with E-state index in [1.807, 2.05) is 48.6 Å². The van der Waals surface area contributed by atoms with Crippen LogP contribution in [0, 0.1) is 0 Å². The number of para-hydroxylation sites is 1. The third kappa shape index (κ3) is 3.06. The van der Waals surface area contributed by atoms with Crippen molar-refractivity contribution < 1.29 is 9.47 Å². The molecule has 21 heavy (non-hydrogen) atoms. The Morgan fingerprint density at radius 1 is 0.952 bits per heavy atom. The van der Waals surface area contributed by atoms with E-state index in [0.29, 0.717) is 0 Å². The monoisotopic (exact) mass is 297 g/mol. The number of hydrogen-bond donors (Lipinski definition) is 0. The van der Waals surface area contributed by atoms with Crippen molar-refractivity contribution in [3.63, 3.8) is 0 Å². The molecule has 4 heteroatoms. The zero-order valence-electron chi connectivity index (χ0n) is 11.9. The Morgan fingerprint density at radius 2 is 1.67 bits per heavy atom. The van der Waals surface area contributed by atoms with Crippen molar-refractivity contribution in [3.05, 3.63) is 53.0 Å². The number of thiazole rings is 1. The lowest BCUT2D eigenvalue weighted by Crippen LogP contribution is -1.88. The van der Waals surface area contributed by atoms with Crippen molar-refractivity contribution in [2.45, 2.75) is 0 Å². The van der Waals surface area contributed by atoms with Crippen molar-refractivity contribution in [2.24, 2.45) is 0 Å². The molecule has 3 rings (SSSR count). The predicted molar refractivity (Wildman–Crippen MR) is 88.1 cm³/mol. The number of fused-ring (bicyclic) bond motifs is 1. The fourth-order valence-electron chi connectivity index (χ4n) is 2.05. The first-order valence-electron chi connectivity index (χ1n) is 6.55. The van der Waals surface area contributed by atoms with Crippen LogP contribution in [0.15, 0.2) is 42.5 Å². The summed E-state index contributed by atoms with van der Waals surface area (Å²) in [6, 6.07) is 13.9. The molecular formula is C17H15NO2S. The summed E-state index contributed by atoms with van der Waals surface area (Å²) in [5.74, 6) is 1.55. The zero-order valence-corrected chi connectivity index (χ0v) is 12.7. The van der Waals surface area contributed by atoms with E-state index >= 15 is 0 Å². The number of benzene rings is 2. The Balaban J connectivity index is 1.91. The smallest absolute Gasteiger partial charge is 0.123 e. The van der Waals surface area contributed by atoms with Gasteiger partial charge in [-0.05, 0) is 35.9 Å². The molecule has 3 nitrogen and oxygen atoms in total. The highest BCUT2D eigenvalue weighted by Gasteiger charge is 2.01. The van der Waals surface area contributed by atoms with Crippen LogP contribution in [0.5, 0.6) is 11.5 Å². The summed E-state index contributed by atoms with van der Waals surface area (Å²) in [6.45, 7) is 0. The highest BCUT2D eigenvalue weighted by molar-refractivity contribution is 7.19. The van der Waals surface area contributed by atoms with Crippen molar-refractivity contribution >= 4 is 33.7 Å². The maximum absolute atomic E-state index is 5.27. The topological polar surface area (TPSA) is 31.4 Å². The van der Waals surface area contributed by atoms with Gasteiger partial charge >= 0.3 is 0 Å². The highest BCUT2D eigenvalue weighted by atomic mass is 32.1. The van der Waals surface area contributed by atoms with Gasteiger partial charge in [0.25, 0.3) is 0 Å². The largest absolute Gasteiger partial charge is 0.497 e. The normalized spacial score (nSPS) is 11.1. The molecule has 3 aromatic rings. The van der Waals surface area contributed by atoms with Crippen molar-refractivity contribution in [3.8, 4) is 11.5 Å². The van der Waals surface area contributed by atoms with Gasteiger partial charge in [-0.15, -0.1) is 11.3 Å². The minimum absolute atomic E-state index is 0.776. The third-order valence-corrected chi connectivity index (χ3v) is 4.10. The Kier molecular flexibility index (Phi) is 3.88. The molecule has 0 aliphatic carbocycles. The Morgan fingerprint density at radius 3 is 2.33 bits per heavy atom. The van der Waals surface area contributed by atoms with Crippen LogP contribution in [0.2, 0.25) is 0 Å². The van der Waals surface area contributed by atoms with E-state index in [2.05, 4.69) is 11.1 Å². The van der Waals surface area contributed by atoms with E-state index in [1.165, 1.54) is 4.70 Å². The number of methoxy groups -OCH3 is 2. The summed E-state index contributed by atoms with van der Waals surface area (Å²) in [6.07, 6.45) is 4.03. The van der Waals surface area contributed by atoms with Gasteiger partial charge in [-0.3, -0.25) is 0 Å². The minimum atomic E-state index is 0.776. The molecule has 0 N–H and O–H groups in total. The van der Waals surface area contributed by atoms with Crippen LogP contribution >= 0.6 is 11.3 Å². The van der Waals surface area contributed by atoms with Gasteiger partial charge in [-0.1, -0.05) is 18.2 Å². The van der Waals surface area contributed by atoms with Crippen LogP contribution in [0.25, 0.3) is 22.4 Å². The lowest BCUT2D eigenvalue weighted by atomic mass is 10.2. The van der Waals surface area contributed by atoms with E-state index in [4.69, 9.17) is 9.47 Å². The number of aromatic nitrogens is 1. The zero-order chi connectivity index (χ0) is 14.7. The number of rotatable bonds is 4. The van der Waals surface area contributed by atoms with Crippen LogP contribution in [0.4, 0.5) is 0 Å². The third-order valence-electron chi connectivity index (χ3n) is 3.10. The lowest BCUT2D eigenvalue weighted by molar-refractivity contribution is 0.394. The SMILES string of the molecule is COc1cc(/C=C/c2nc3ccccc3s2)cc(OC)c1. The Bertz CT molecular complexity index is 737. The van der Waals surface area contributed by atoms with Gasteiger partial charge in [0.2, 0.25) is 0 Å². The molecule has 1 heterocycles. The predicted octanol–water partition coefficient (Wildman–Crippen LogP) is 4.48. The molecule has 0 spiro atoms. The summed E-state index contributed by atoms with van der Waals surface area (Å²) in [7, 11) is 3.30. The molecule has 0 radical (unpaired) electrons. The van der Waals surface area contributed by atoms with E-state index in [-0.39, 0.29) is 0 Å². The van der Waals surface area contributed by atoms with E-state index in [9.17, 15) is 0 Å². The van der Waals surface area contributed by atoms with Gasteiger partial charge in [-0.25, -0.2) is 4.98 Å². The van der Waals surface area contributed by atoms with Gasteiger partial charge in [0.05, 0.1) is 24.4 Å². The van der Waals surface area contributed by atoms with Crippen molar-refractivity contribution in [1.82, 2.24) is 4.98 Å². The van der Waals surface area contributed by atoms with Crippen LogP contribution in [-0.2, 0) is 0 Å². The van der Waals surface area contributed by atoms with Crippen LogP contribution in [0.3, 0.4) is 0 Å². The average molecular weight is 297 g/mol. The van der Waals surface area contributed by atoms with E-state index in [0.717, 1.165) is 27.6 Å². The summed E-state index contributed by atoms with van der Waals surface area (Å²) in [4.78, 5) is 4.58. The molecule has 0 fully saturated rings. The molecule has 0 saturated carbocycles. The summed E-state index contributed by atoms with van der Waals surface area (Å²) < 4.78 is 11.7. The fourth-order valence-corrected chi connectivity index (χ4v) is 2.92. The lowest BCUT2D eigenvalue weighted by Gasteiger charge is -2.05. The molecule has 0 amide bonds. The first-order chi connectivity index (χ1) is 10.3. The number of hydrogen-bond acceptors (Lipinski definition) is 4. The number of nitrogens with zero attached hydrogens (tertiary/aromatic N) is 1. The Labute approximate surface area is 127 Å². The second-order valence-corrected chi connectivity index (χ2v) is 5.56. The molecule has 0 aliphatic rings. The molecule has 1 aromatic heterocycles. The van der Waals surface area contributed by atoms with Crippen molar-refractivity contribution in [2.75, 3.05) is 14.2 Å². The molecule has 0 saturated heterocycles. The quantitative estimate of drug-likeness (QED) is 0.711. The fraction of sp³-hybridized carbons (Fsp3) is 0.118. The Hall–Kier alpha value is -2.33.